The van der Waals surface area contributed by atoms with E-state index in [4.69, 9.17) is 4.74 Å². The van der Waals surface area contributed by atoms with Crippen molar-refractivity contribution in [2.75, 3.05) is 20.2 Å². The highest BCUT2D eigenvalue weighted by Gasteiger charge is 2.44. The fraction of sp³-hybridized carbons (Fsp3) is 0.600. The summed E-state index contributed by atoms with van der Waals surface area (Å²) in [5.41, 5.74) is 0.660. The third kappa shape index (κ3) is 2.76. The van der Waals surface area contributed by atoms with E-state index >= 15 is 0 Å². The van der Waals surface area contributed by atoms with Gasteiger partial charge in [-0.2, -0.15) is 12.6 Å². The van der Waals surface area contributed by atoms with Crippen LogP contribution in [0.5, 0.6) is 5.75 Å². The molecule has 2 aliphatic rings. The third-order valence-electron chi connectivity index (χ3n) is 4.53. The summed E-state index contributed by atoms with van der Waals surface area (Å²) in [6.45, 7) is 4.61. The van der Waals surface area contributed by atoms with Crippen molar-refractivity contribution in [2.24, 2.45) is 0 Å². The van der Waals surface area contributed by atoms with Crippen LogP contribution in [0.2, 0.25) is 0 Å². The number of nitrogens with zero attached hydrogens (tertiary/aromatic N) is 2. The van der Waals surface area contributed by atoms with Crippen LogP contribution in [0.3, 0.4) is 0 Å². The number of benzene rings is 1. The third-order valence-corrected chi connectivity index (χ3v) is 4.86. The molecule has 21 heavy (non-hydrogen) atoms. The summed E-state index contributed by atoms with van der Waals surface area (Å²) >= 11 is 4.47. The van der Waals surface area contributed by atoms with Gasteiger partial charge in [0.25, 0.3) is 0 Å². The zero-order valence-corrected chi connectivity index (χ0v) is 13.1. The van der Waals surface area contributed by atoms with E-state index in [1.165, 1.54) is 19.2 Å². The number of likely N-dealkylation sites (tertiary alicyclic amines) is 2. The molecule has 0 saturated carbocycles. The predicted molar refractivity (Wildman–Crippen MR) is 80.7 cm³/mol. The first-order chi connectivity index (χ1) is 9.99. The number of methoxy groups -OCH3 is 1. The van der Waals surface area contributed by atoms with Crippen molar-refractivity contribution in [2.45, 2.75) is 37.3 Å². The number of thiol groups is 1. The van der Waals surface area contributed by atoms with Gasteiger partial charge in [0.1, 0.15) is 0 Å². The van der Waals surface area contributed by atoms with Crippen LogP contribution in [0.4, 0.5) is 8.78 Å². The number of ether oxygens (including phenoxy) is 1. The Balaban J connectivity index is 1.69. The number of fused-ring (bicyclic) bond motifs is 2. The van der Waals surface area contributed by atoms with Crippen molar-refractivity contribution in [1.82, 2.24) is 9.80 Å². The molecule has 3 atom stereocenters. The molecule has 3 rings (SSSR count). The maximum absolute atomic E-state index is 13.7. The van der Waals surface area contributed by atoms with Gasteiger partial charge in [-0.1, -0.05) is 0 Å². The molecule has 2 aliphatic heterocycles. The van der Waals surface area contributed by atoms with E-state index in [0.717, 1.165) is 19.5 Å². The molecule has 0 N–H and O–H groups in total. The lowest BCUT2D eigenvalue weighted by Gasteiger charge is -2.57. The highest BCUT2D eigenvalue weighted by Crippen LogP contribution is 2.35. The van der Waals surface area contributed by atoms with Crippen molar-refractivity contribution in [1.29, 1.82) is 0 Å². The monoisotopic (exact) mass is 314 g/mol. The van der Waals surface area contributed by atoms with E-state index in [1.807, 2.05) is 0 Å². The maximum Gasteiger partial charge on any atom is 0.190 e. The second kappa shape index (κ2) is 5.74. The molecule has 1 aromatic carbocycles. The molecule has 0 aromatic heterocycles. The Bertz CT molecular complexity index is 505. The smallest absolute Gasteiger partial charge is 0.190 e. The standard InChI is InChI=1S/C15H20F2N2OS/c1-9(21)18-7-11-5-12(8-18)19(11)6-10-3-13(16)15(20-2)14(17)4-10/h3-4,9,11-12,21H,5-8H2,1-2H3. The molecule has 0 radical (unpaired) electrons. The number of hydrogen-bond acceptors (Lipinski definition) is 4. The molecule has 3 unspecified atom stereocenters. The lowest BCUT2D eigenvalue weighted by molar-refractivity contribution is -0.0765. The van der Waals surface area contributed by atoms with Crippen LogP contribution in [0.1, 0.15) is 18.9 Å². The van der Waals surface area contributed by atoms with Crippen LogP contribution in [0, 0.1) is 11.6 Å². The van der Waals surface area contributed by atoms with Crippen molar-refractivity contribution >= 4 is 12.6 Å². The largest absolute Gasteiger partial charge is 0.491 e. The van der Waals surface area contributed by atoms with E-state index in [0.29, 0.717) is 24.2 Å². The first-order valence-electron chi connectivity index (χ1n) is 7.19. The molecule has 2 heterocycles. The number of hydrogen-bond donors (Lipinski definition) is 1. The Morgan fingerprint density at radius 3 is 2.33 bits per heavy atom. The van der Waals surface area contributed by atoms with Crippen molar-refractivity contribution < 1.29 is 13.5 Å². The van der Waals surface area contributed by atoms with Crippen LogP contribution < -0.4 is 4.74 Å². The second-order valence-electron chi connectivity index (χ2n) is 5.89. The number of piperidine rings is 1. The van der Waals surface area contributed by atoms with Gasteiger partial charge in [-0.05, 0) is 31.0 Å². The van der Waals surface area contributed by atoms with Gasteiger partial charge in [-0.3, -0.25) is 9.80 Å². The fourth-order valence-electron chi connectivity index (χ4n) is 3.39. The summed E-state index contributed by atoms with van der Waals surface area (Å²) in [5.74, 6) is -1.58. The van der Waals surface area contributed by atoms with Crippen molar-refractivity contribution in [3.8, 4) is 5.75 Å². The predicted octanol–water partition coefficient (Wildman–Crippen LogP) is 2.51. The Hall–Kier alpha value is -0.850. The van der Waals surface area contributed by atoms with Crippen LogP contribution in [-0.4, -0.2) is 47.5 Å². The topological polar surface area (TPSA) is 15.7 Å². The average Bonchev–Trinajstić information content (AvgIpc) is 2.44. The summed E-state index contributed by atoms with van der Waals surface area (Å²) in [4.78, 5) is 4.67. The summed E-state index contributed by atoms with van der Waals surface area (Å²) < 4.78 is 32.2. The van der Waals surface area contributed by atoms with E-state index in [-0.39, 0.29) is 11.1 Å². The minimum absolute atomic E-state index is 0.258. The molecular formula is C15H20F2N2OS. The van der Waals surface area contributed by atoms with Crippen molar-refractivity contribution in [3.63, 3.8) is 0 Å². The average molecular weight is 314 g/mol. The Morgan fingerprint density at radius 1 is 1.29 bits per heavy atom. The number of halogens is 2. The normalized spacial score (nSPS) is 27.3. The Labute approximate surface area is 129 Å². The minimum atomic E-state index is -0.635. The second-order valence-corrected chi connectivity index (χ2v) is 6.64. The van der Waals surface area contributed by atoms with E-state index < -0.39 is 11.6 Å². The summed E-state index contributed by atoms with van der Waals surface area (Å²) in [6, 6.07) is 3.67. The highest BCUT2D eigenvalue weighted by atomic mass is 32.1. The van der Waals surface area contributed by atoms with Gasteiger partial charge in [-0.25, -0.2) is 8.78 Å². The maximum atomic E-state index is 13.7. The molecule has 0 aliphatic carbocycles. The molecule has 2 saturated heterocycles. The lowest BCUT2D eigenvalue weighted by atomic mass is 9.87. The fourth-order valence-corrected chi connectivity index (χ4v) is 3.58. The Kier molecular flexibility index (Phi) is 4.12. The molecule has 0 amide bonds. The van der Waals surface area contributed by atoms with Gasteiger partial charge in [0.15, 0.2) is 17.4 Å². The minimum Gasteiger partial charge on any atom is -0.491 e. The van der Waals surface area contributed by atoms with Gasteiger partial charge in [0.2, 0.25) is 0 Å². The quantitative estimate of drug-likeness (QED) is 0.860. The van der Waals surface area contributed by atoms with E-state index in [2.05, 4.69) is 29.4 Å². The first-order valence-corrected chi connectivity index (χ1v) is 7.71. The van der Waals surface area contributed by atoms with Gasteiger partial charge < -0.3 is 4.74 Å². The zero-order chi connectivity index (χ0) is 15.1. The SMILES string of the molecule is COc1c(F)cc(CN2C3CC2CN(C(C)S)C3)cc1F. The molecule has 116 valence electrons. The molecule has 3 nitrogen and oxygen atoms in total. The van der Waals surface area contributed by atoms with Crippen LogP contribution in [0.15, 0.2) is 12.1 Å². The first kappa shape index (κ1) is 15.1. The molecule has 2 bridgehead atoms. The Morgan fingerprint density at radius 2 is 1.86 bits per heavy atom. The van der Waals surface area contributed by atoms with Crippen molar-refractivity contribution in [3.05, 3.63) is 29.3 Å². The molecule has 6 heteroatoms. The summed E-state index contributed by atoms with van der Waals surface area (Å²) in [5, 5.41) is 0.258. The molecule has 1 aromatic rings. The molecular weight excluding hydrogens is 294 g/mol. The van der Waals surface area contributed by atoms with Gasteiger partial charge >= 0.3 is 0 Å². The van der Waals surface area contributed by atoms with E-state index in [9.17, 15) is 8.78 Å². The number of rotatable bonds is 4. The van der Waals surface area contributed by atoms with Crippen LogP contribution >= 0.6 is 12.6 Å². The van der Waals surface area contributed by atoms with Crippen LogP contribution in [0.25, 0.3) is 0 Å². The molecule has 2 fully saturated rings. The van der Waals surface area contributed by atoms with E-state index in [1.54, 1.807) is 0 Å². The van der Waals surface area contributed by atoms with Gasteiger partial charge in [0.05, 0.1) is 12.5 Å². The summed E-state index contributed by atoms with van der Waals surface area (Å²) in [6.07, 6.45) is 1.16. The number of piperazine rings is 1. The van der Waals surface area contributed by atoms with Gasteiger partial charge in [0, 0.05) is 31.7 Å². The molecule has 0 spiro atoms. The zero-order valence-electron chi connectivity index (χ0n) is 12.2. The van der Waals surface area contributed by atoms with Gasteiger partial charge in [-0.15, -0.1) is 0 Å². The highest BCUT2D eigenvalue weighted by molar-refractivity contribution is 7.80. The van der Waals surface area contributed by atoms with Crippen LogP contribution in [-0.2, 0) is 6.54 Å². The summed E-state index contributed by atoms with van der Waals surface area (Å²) in [7, 11) is 1.27. The lowest BCUT2D eigenvalue weighted by Crippen LogP contribution is -2.68.